The molecule has 1 aromatic heterocycles. The van der Waals surface area contributed by atoms with Gasteiger partial charge in [0.25, 0.3) is 0 Å². The van der Waals surface area contributed by atoms with Crippen molar-refractivity contribution in [2.45, 2.75) is 26.7 Å². The van der Waals surface area contributed by atoms with Gasteiger partial charge in [0.2, 0.25) is 0 Å². The van der Waals surface area contributed by atoms with Crippen LogP contribution >= 0.6 is 0 Å². The van der Waals surface area contributed by atoms with Crippen molar-refractivity contribution in [2.75, 3.05) is 0 Å². The molecule has 0 radical (unpaired) electrons. The predicted molar refractivity (Wildman–Crippen MR) is 44.4 cm³/mol. The Morgan fingerprint density at radius 2 is 1.86 bits per heavy atom. The third kappa shape index (κ3) is 3.01. The topological polar surface area (TPSA) is 17.8 Å². The molecule has 0 fully saturated rings. The number of nitrogens with zero attached hydrogens (tertiary/aromatic N) is 2. The summed E-state index contributed by atoms with van der Waals surface area (Å²) < 4.78 is 48.6. The van der Waals surface area contributed by atoms with Gasteiger partial charge in [0.15, 0.2) is 5.69 Å². The first-order valence-corrected chi connectivity index (χ1v) is 4.11. The third-order valence-electron chi connectivity index (χ3n) is 1.40. The summed E-state index contributed by atoms with van der Waals surface area (Å²) in [5.74, 6) is 0. The maximum absolute atomic E-state index is 12.0. The molecule has 14 heavy (non-hydrogen) atoms. The Balaban J connectivity index is 0.000000791. The molecule has 0 aliphatic heterocycles. The van der Waals surface area contributed by atoms with E-state index in [-0.39, 0.29) is 5.69 Å². The van der Waals surface area contributed by atoms with Gasteiger partial charge in [0.1, 0.15) is 6.67 Å². The zero-order valence-corrected chi connectivity index (χ0v) is 8.19. The number of rotatable bonds is 1. The summed E-state index contributed by atoms with van der Waals surface area (Å²) in [4.78, 5) is 0. The van der Waals surface area contributed by atoms with Crippen LogP contribution in [0.1, 0.15) is 25.2 Å². The second-order valence-corrected chi connectivity index (χ2v) is 2.28. The van der Waals surface area contributed by atoms with Crippen molar-refractivity contribution in [2.24, 2.45) is 7.05 Å². The zero-order chi connectivity index (χ0) is 11.4. The number of halogens is 4. The molecule has 0 spiro atoms. The van der Waals surface area contributed by atoms with Crippen LogP contribution in [0.2, 0.25) is 0 Å². The summed E-state index contributed by atoms with van der Waals surface area (Å²) in [6.45, 7) is 3.06. The van der Waals surface area contributed by atoms with Crippen molar-refractivity contribution < 1.29 is 17.6 Å². The van der Waals surface area contributed by atoms with Gasteiger partial charge in [-0.05, 0) is 6.07 Å². The van der Waals surface area contributed by atoms with Gasteiger partial charge in [0.05, 0.1) is 5.69 Å². The molecule has 1 rings (SSSR count). The summed E-state index contributed by atoms with van der Waals surface area (Å²) in [5, 5.41) is 3.10. The van der Waals surface area contributed by atoms with Crippen LogP contribution in [0.5, 0.6) is 0 Å². The Morgan fingerprint density at radius 3 is 2.07 bits per heavy atom. The average Bonchev–Trinajstić information content (AvgIpc) is 2.49. The first-order valence-electron chi connectivity index (χ1n) is 4.11. The minimum Gasteiger partial charge on any atom is -0.269 e. The molecule has 0 bridgehead atoms. The molecule has 82 valence electrons. The maximum atomic E-state index is 12.0. The van der Waals surface area contributed by atoms with Crippen LogP contribution in [0.15, 0.2) is 6.07 Å². The Hall–Kier alpha value is -1.07. The van der Waals surface area contributed by atoms with Crippen molar-refractivity contribution >= 4 is 0 Å². The lowest BCUT2D eigenvalue weighted by Gasteiger charge is -1.98. The minimum atomic E-state index is -4.49. The maximum Gasteiger partial charge on any atom is 0.435 e. The molecule has 0 unspecified atom stereocenters. The Labute approximate surface area is 79.5 Å². The third-order valence-corrected chi connectivity index (χ3v) is 1.40. The molecule has 0 atom stereocenters. The monoisotopic (exact) mass is 212 g/mol. The van der Waals surface area contributed by atoms with Crippen molar-refractivity contribution in [1.29, 1.82) is 0 Å². The van der Waals surface area contributed by atoms with Gasteiger partial charge in [-0.25, -0.2) is 4.39 Å². The lowest BCUT2D eigenvalue weighted by molar-refractivity contribution is -0.141. The van der Waals surface area contributed by atoms with E-state index >= 15 is 0 Å². The van der Waals surface area contributed by atoms with Gasteiger partial charge in [-0.1, -0.05) is 13.8 Å². The standard InChI is InChI=1S/C6H6F4N2.C2H6/c1-12-4(3-7)2-5(11-12)6(8,9)10;1-2/h2H,3H2,1H3;1-2H3. The summed E-state index contributed by atoms with van der Waals surface area (Å²) in [7, 11) is 1.27. The molecular formula is C8H12F4N2. The van der Waals surface area contributed by atoms with E-state index < -0.39 is 18.5 Å². The van der Waals surface area contributed by atoms with E-state index in [1.165, 1.54) is 7.05 Å². The largest absolute Gasteiger partial charge is 0.435 e. The quantitative estimate of drug-likeness (QED) is 0.654. The molecule has 0 saturated carbocycles. The zero-order valence-electron chi connectivity index (χ0n) is 8.19. The number of hydrogen-bond acceptors (Lipinski definition) is 1. The number of hydrogen-bond donors (Lipinski definition) is 0. The van der Waals surface area contributed by atoms with Gasteiger partial charge in [-0.15, -0.1) is 0 Å². The Kier molecular flexibility index (Phi) is 4.59. The van der Waals surface area contributed by atoms with Gasteiger partial charge in [-0.2, -0.15) is 18.3 Å². The molecule has 0 aliphatic rings. The average molecular weight is 212 g/mol. The van der Waals surface area contributed by atoms with Crippen LogP contribution < -0.4 is 0 Å². The number of aromatic nitrogens is 2. The Morgan fingerprint density at radius 1 is 1.36 bits per heavy atom. The molecule has 0 amide bonds. The first-order chi connectivity index (χ1) is 6.45. The highest BCUT2D eigenvalue weighted by atomic mass is 19.4. The molecule has 2 nitrogen and oxygen atoms in total. The smallest absolute Gasteiger partial charge is 0.269 e. The van der Waals surface area contributed by atoms with Crippen LogP contribution in [-0.4, -0.2) is 9.78 Å². The van der Waals surface area contributed by atoms with Crippen molar-refractivity contribution in [3.63, 3.8) is 0 Å². The molecule has 1 aromatic rings. The summed E-state index contributed by atoms with van der Waals surface area (Å²) in [5.41, 5.74) is -1.14. The second kappa shape index (κ2) is 4.97. The van der Waals surface area contributed by atoms with Gasteiger partial charge < -0.3 is 0 Å². The van der Waals surface area contributed by atoms with Crippen molar-refractivity contribution in [3.05, 3.63) is 17.5 Å². The van der Waals surface area contributed by atoms with Crippen molar-refractivity contribution in [3.8, 4) is 0 Å². The van der Waals surface area contributed by atoms with E-state index in [1.807, 2.05) is 13.8 Å². The summed E-state index contributed by atoms with van der Waals surface area (Å²) in [6, 6.07) is 0.694. The summed E-state index contributed by atoms with van der Waals surface area (Å²) in [6.07, 6.45) is -4.49. The Bertz CT molecular complexity index is 277. The second-order valence-electron chi connectivity index (χ2n) is 2.28. The van der Waals surface area contributed by atoms with Gasteiger partial charge >= 0.3 is 6.18 Å². The lowest BCUT2D eigenvalue weighted by Crippen LogP contribution is -2.06. The van der Waals surface area contributed by atoms with Crippen LogP contribution in [-0.2, 0) is 19.9 Å². The highest BCUT2D eigenvalue weighted by Gasteiger charge is 2.34. The minimum absolute atomic E-state index is 0.0812. The van der Waals surface area contributed by atoms with E-state index in [2.05, 4.69) is 5.10 Å². The molecule has 1 heterocycles. The highest BCUT2D eigenvalue weighted by molar-refractivity contribution is 5.12. The van der Waals surface area contributed by atoms with Crippen molar-refractivity contribution in [1.82, 2.24) is 9.78 Å². The van der Waals surface area contributed by atoms with Gasteiger partial charge in [0, 0.05) is 7.05 Å². The number of aryl methyl sites for hydroxylation is 1. The molecule has 6 heteroatoms. The molecular weight excluding hydrogens is 200 g/mol. The number of alkyl halides is 4. The predicted octanol–water partition coefficient (Wildman–Crippen LogP) is 2.93. The summed E-state index contributed by atoms with van der Waals surface area (Å²) >= 11 is 0. The lowest BCUT2D eigenvalue weighted by atomic mass is 10.3. The highest BCUT2D eigenvalue weighted by Crippen LogP contribution is 2.28. The van der Waals surface area contributed by atoms with Gasteiger partial charge in [-0.3, -0.25) is 4.68 Å². The van der Waals surface area contributed by atoms with Crippen LogP contribution in [0.4, 0.5) is 17.6 Å². The fourth-order valence-electron chi connectivity index (χ4n) is 0.770. The van der Waals surface area contributed by atoms with Crippen LogP contribution in [0.25, 0.3) is 0 Å². The van der Waals surface area contributed by atoms with E-state index in [0.717, 1.165) is 4.68 Å². The fraction of sp³-hybridized carbons (Fsp3) is 0.625. The SMILES string of the molecule is CC.Cn1nc(C(F)(F)F)cc1CF. The van der Waals surface area contributed by atoms with Crippen LogP contribution in [0, 0.1) is 0 Å². The molecule has 0 aliphatic carbocycles. The molecule has 0 N–H and O–H groups in total. The van der Waals surface area contributed by atoms with E-state index in [0.29, 0.717) is 6.07 Å². The van der Waals surface area contributed by atoms with E-state index in [4.69, 9.17) is 0 Å². The van der Waals surface area contributed by atoms with E-state index in [1.54, 1.807) is 0 Å². The first kappa shape index (κ1) is 12.9. The normalized spacial score (nSPS) is 10.8. The fourth-order valence-corrected chi connectivity index (χ4v) is 0.770. The van der Waals surface area contributed by atoms with E-state index in [9.17, 15) is 17.6 Å². The molecule has 0 saturated heterocycles. The van der Waals surface area contributed by atoms with Crippen LogP contribution in [0.3, 0.4) is 0 Å². The molecule has 0 aromatic carbocycles.